The van der Waals surface area contributed by atoms with E-state index in [9.17, 15) is 13.6 Å². The highest BCUT2D eigenvalue weighted by Gasteiger charge is 2.10. The molecular formula is C13H7ClF2O. The summed E-state index contributed by atoms with van der Waals surface area (Å²) in [5.41, 5.74) is 0.426. The summed E-state index contributed by atoms with van der Waals surface area (Å²) in [6.45, 7) is 0. The average Bonchev–Trinajstić information content (AvgIpc) is 2.30. The van der Waals surface area contributed by atoms with E-state index in [1.165, 1.54) is 24.3 Å². The molecule has 0 amide bonds. The first-order valence-electron chi connectivity index (χ1n) is 4.82. The van der Waals surface area contributed by atoms with Crippen LogP contribution in [0.1, 0.15) is 10.4 Å². The summed E-state index contributed by atoms with van der Waals surface area (Å²) >= 11 is 5.61. The van der Waals surface area contributed by atoms with E-state index in [2.05, 4.69) is 0 Å². The Morgan fingerprint density at radius 2 is 1.53 bits per heavy atom. The normalized spacial score (nSPS) is 10.3. The van der Waals surface area contributed by atoms with Crippen LogP contribution in [0.3, 0.4) is 0 Å². The van der Waals surface area contributed by atoms with Crippen LogP contribution < -0.4 is 0 Å². The molecule has 0 radical (unpaired) electrons. The largest absolute Gasteiger partial charge is 0.298 e. The summed E-state index contributed by atoms with van der Waals surface area (Å²) in [5.74, 6) is -1.24. The van der Waals surface area contributed by atoms with E-state index in [0.717, 1.165) is 12.1 Å². The van der Waals surface area contributed by atoms with Gasteiger partial charge in [-0.3, -0.25) is 4.79 Å². The second-order valence-corrected chi connectivity index (χ2v) is 3.92. The van der Waals surface area contributed by atoms with Crippen molar-refractivity contribution in [2.45, 2.75) is 0 Å². The van der Waals surface area contributed by atoms with Crippen molar-refractivity contribution in [1.29, 1.82) is 0 Å². The fourth-order valence-electron chi connectivity index (χ4n) is 1.53. The molecule has 0 N–H and O–H groups in total. The Hall–Kier alpha value is -1.74. The molecule has 0 aliphatic heterocycles. The Labute approximate surface area is 102 Å². The monoisotopic (exact) mass is 252 g/mol. The van der Waals surface area contributed by atoms with Crippen LogP contribution in [0.25, 0.3) is 11.1 Å². The van der Waals surface area contributed by atoms with E-state index in [1.54, 1.807) is 0 Å². The zero-order chi connectivity index (χ0) is 12.4. The van der Waals surface area contributed by atoms with Crippen molar-refractivity contribution in [3.63, 3.8) is 0 Å². The van der Waals surface area contributed by atoms with E-state index in [4.69, 9.17) is 11.6 Å². The van der Waals surface area contributed by atoms with E-state index in [1.807, 2.05) is 0 Å². The van der Waals surface area contributed by atoms with E-state index in [0.29, 0.717) is 6.29 Å². The van der Waals surface area contributed by atoms with Gasteiger partial charge in [0.2, 0.25) is 0 Å². The lowest BCUT2D eigenvalue weighted by Crippen LogP contribution is -1.90. The van der Waals surface area contributed by atoms with Gasteiger partial charge in [-0.25, -0.2) is 8.78 Å². The number of benzene rings is 2. The van der Waals surface area contributed by atoms with Crippen molar-refractivity contribution < 1.29 is 13.6 Å². The van der Waals surface area contributed by atoms with Crippen LogP contribution >= 0.6 is 11.6 Å². The topological polar surface area (TPSA) is 17.1 Å². The summed E-state index contributed by atoms with van der Waals surface area (Å²) in [6.07, 6.45) is 0.533. The minimum atomic E-state index is -0.643. The summed E-state index contributed by atoms with van der Waals surface area (Å²) in [5, 5.41) is 0.246. The molecule has 2 aromatic carbocycles. The van der Waals surface area contributed by atoms with Gasteiger partial charge in [0.05, 0.1) is 0 Å². The predicted octanol–water partition coefficient (Wildman–Crippen LogP) is 4.10. The van der Waals surface area contributed by atoms with Crippen molar-refractivity contribution in [3.8, 4) is 11.1 Å². The molecule has 86 valence electrons. The van der Waals surface area contributed by atoms with Crippen molar-refractivity contribution in [2.24, 2.45) is 0 Å². The van der Waals surface area contributed by atoms with Gasteiger partial charge in [0.1, 0.15) is 17.9 Å². The highest BCUT2D eigenvalue weighted by molar-refractivity contribution is 6.30. The highest BCUT2D eigenvalue weighted by atomic mass is 35.5. The minimum Gasteiger partial charge on any atom is -0.298 e. The first-order valence-corrected chi connectivity index (χ1v) is 5.20. The second-order valence-electron chi connectivity index (χ2n) is 3.48. The standard InChI is InChI=1S/C13H7ClF2O/c14-9-2-4-11(13(16)6-9)10-3-1-8(7-17)5-12(10)15/h1-7H. The Morgan fingerprint density at radius 3 is 2.06 bits per heavy atom. The SMILES string of the molecule is O=Cc1ccc(-c2ccc(Cl)cc2F)c(F)c1. The smallest absolute Gasteiger partial charge is 0.150 e. The molecule has 2 rings (SSSR count). The Bertz CT molecular complexity index is 582. The summed E-state index contributed by atoms with van der Waals surface area (Å²) in [6, 6.07) is 7.86. The Kier molecular flexibility index (Phi) is 3.20. The van der Waals surface area contributed by atoms with E-state index < -0.39 is 11.6 Å². The van der Waals surface area contributed by atoms with Gasteiger partial charge in [0.25, 0.3) is 0 Å². The van der Waals surface area contributed by atoms with Gasteiger partial charge in [-0.2, -0.15) is 0 Å². The van der Waals surface area contributed by atoms with Crippen LogP contribution in [0.2, 0.25) is 5.02 Å². The number of hydrogen-bond acceptors (Lipinski definition) is 1. The fraction of sp³-hybridized carbons (Fsp3) is 0. The predicted molar refractivity (Wildman–Crippen MR) is 62.2 cm³/mol. The van der Waals surface area contributed by atoms with Crippen LogP contribution in [0.5, 0.6) is 0 Å². The molecule has 0 saturated heterocycles. The molecule has 0 atom stereocenters. The third-order valence-corrected chi connectivity index (χ3v) is 2.59. The number of hydrogen-bond donors (Lipinski definition) is 0. The van der Waals surface area contributed by atoms with Gasteiger partial charge in [-0.1, -0.05) is 23.7 Å². The Balaban J connectivity index is 2.56. The zero-order valence-corrected chi connectivity index (χ0v) is 9.34. The lowest BCUT2D eigenvalue weighted by atomic mass is 10.0. The first-order chi connectivity index (χ1) is 8.11. The van der Waals surface area contributed by atoms with Gasteiger partial charge in [-0.15, -0.1) is 0 Å². The molecule has 2 aromatic rings. The van der Waals surface area contributed by atoms with E-state index in [-0.39, 0.29) is 21.7 Å². The summed E-state index contributed by atoms with van der Waals surface area (Å²) in [4.78, 5) is 10.5. The zero-order valence-electron chi connectivity index (χ0n) is 8.58. The molecule has 0 heterocycles. The lowest BCUT2D eigenvalue weighted by Gasteiger charge is -2.05. The van der Waals surface area contributed by atoms with Crippen LogP contribution in [0.15, 0.2) is 36.4 Å². The molecule has 0 aliphatic carbocycles. The van der Waals surface area contributed by atoms with Crippen LogP contribution in [0, 0.1) is 11.6 Å². The highest BCUT2D eigenvalue weighted by Crippen LogP contribution is 2.27. The third kappa shape index (κ3) is 2.34. The van der Waals surface area contributed by atoms with Gasteiger partial charge in [0.15, 0.2) is 0 Å². The second kappa shape index (κ2) is 4.63. The Morgan fingerprint density at radius 1 is 0.941 bits per heavy atom. The number of rotatable bonds is 2. The molecule has 17 heavy (non-hydrogen) atoms. The molecular weight excluding hydrogens is 246 g/mol. The van der Waals surface area contributed by atoms with Crippen molar-refractivity contribution >= 4 is 17.9 Å². The first kappa shape index (κ1) is 11.7. The maximum absolute atomic E-state index is 13.6. The maximum atomic E-state index is 13.6. The molecule has 1 nitrogen and oxygen atoms in total. The van der Waals surface area contributed by atoms with Crippen LogP contribution in [-0.4, -0.2) is 6.29 Å². The molecule has 4 heteroatoms. The molecule has 0 aromatic heterocycles. The third-order valence-electron chi connectivity index (χ3n) is 2.35. The summed E-state index contributed by atoms with van der Waals surface area (Å²) < 4.78 is 27.2. The van der Waals surface area contributed by atoms with Crippen molar-refractivity contribution in [3.05, 3.63) is 58.6 Å². The minimum absolute atomic E-state index is 0.102. The quantitative estimate of drug-likeness (QED) is 0.736. The van der Waals surface area contributed by atoms with Gasteiger partial charge < -0.3 is 0 Å². The van der Waals surface area contributed by atoms with Crippen LogP contribution in [0.4, 0.5) is 8.78 Å². The van der Waals surface area contributed by atoms with Crippen molar-refractivity contribution in [1.82, 2.24) is 0 Å². The average molecular weight is 253 g/mol. The number of halogens is 3. The molecule has 0 saturated carbocycles. The molecule has 0 fully saturated rings. The maximum Gasteiger partial charge on any atom is 0.150 e. The molecule has 0 bridgehead atoms. The van der Waals surface area contributed by atoms with Crippen molar-refractivity contribution in [2.75, 3.05) is 0 Å². The fourth-order valence-corrected chi connectivity index (χ4v) is 1.69. The molecule has 0 unspecified atom stereocenters. The number of carbonyl (C=O) groups excluding carboxylic acids is 1. The number of carbonyl (C=O) groups is 1. The molecule has 0 spiro atoms. The van der Waals surface area contributed by atoms with E-state index >= 15 is 0 Å². The lowest BCUT2D eigenvalue weighted by molar-refractivity contribution is 0.112. The number of aldehydes is 1. The van der Waals surface area contributed by atoms with Gasteiger partial charge in [0, 0.05) is 21.7 Å². The molecule has 0 aliphatic rings. The summed E-state index contributed by atoms with van der Waals surface area (Å²) in [7, 11) is 0. The van der Waals surface area contributed by atoms with Gasteiger partial charge in [-0.05, 0) is 24.3 Å². The van der Waals surface area contributed by atoms with Crippen LogP contribution in [-0.2, 0) is 0 Å². The van der Waals surface area contributed by atoms with Gasteiger partial charge >= 0.3 is 0 Å².